The van der Waals surface area contributed by atoms with Crippen LogP contribution in [0.3, 0.4) is 0 Å². The SMILES string of the molecule is CCNC(c1cccc(C)c1)c1ccoc1Cl. The van der Waals surface area contributed by atoms with E-state index in [1.807, 2.05) is 6.07 Å². The average Bonchev–Trinajstić information content (AvgIpc) is 2.72. The van der Waals surface area contributed by atoms with E-state index in [2.05, 4.69) is 43.4 Å². The molecule has 1 unspecified atom stereocenters. The largest absolute Gasteiger partial charge is 0.453 e. The number of rotatable bonds is 4. The molecular formula is C14H16ClNO. The molecule has 1 aromatic heterocycles. The van der Waals surface area contributed by atoms with Crippen molar-refractivity contribution in [2.24, 2.45) is 0 Å². The van der Waals surface area contributed by atoms with E-state index in [4.69, 9.17) is 16.0 Å². The predicted octanol–water partition coefficient (Wildman–Crippen LogP) is 3.94. The van der Waals surface area contributed by atoms with Gasteiger partial charge in [0.05, 0.1) is 12.3 Å². The van der Waals surface area contributed by atoms with E-state index in [-0.39, 0.29) is 6.04 Å². The van der Waals surface area contributed by atoms with Crippen LogP contribution in [0.25, 0.3) is 0 Å². The second-order valence-corrected chi connectivity index (χ2v) is 4.40. The highest BCUT2D eigenvalue weighted by Crippen LogP contribution is 2.29. The number of nitrogens with one attached hydrogen (secondary N) is 1. The van der Waals surface area contributed by atoms with Crippen LogP contribution in [-0.4, -0.2) is 6.54 Å². The zero-order valence-electron chi connectivity index (χ0n) is 10.0. The van der Waals surface area contributed by atoms with Gasteiger partial charge >= 0.3 is 0 Å². The van der Waals surface area contributed by atoms with Crippen molar-refractivity contribution in [3.8, 4) is 0 Å². The maximum Gasteiger partial charge on any atom is 0.198 e. The molecule has 1 N–H and O–H groups in total. The molecule has 0 aliphatic heterocycles. The van der Waals surface area contributed by atoms with Gasteiger partial charge in [-0.3, -0.25) is 0 Å². The summed E-state index contributed by atoms with van der Waals surface area (Å²) in [4.78, 5) is 0. The molecule has 2 nitrogen and oxygen atoms in total. The summed E-state index contributed by atoms with van der Waals surface area (Å²) in [7, 11) is 0. The summed E-state index contributed by atoms with van der Waals surface area (Å²) >= 11 is 6.05. The summed E-state index contributed by atoms with van der Waals surface area (Å²) in [6.07, 6.45) is 1.62. The van der Waals surface area contributed by atoms with Crippen molar-refractivity contribution in [2.45, 2.75) is 19.9 Å². The molecule has 17 heavy (non-hydrogen) atoms. The first-order valence-corrected chi connectivity index (χ1v) is 6.13. The van der Waals surface area contributed by atoms with E-state index in [0.29, 0.717) is 5.22 Å². The Morgan fingerprint density at radius 2 is 2.18 bits per heavy atom. The Balaban J connectivity index is 2.39. The molecule has 0 bridgehead atoms. The van der Waals surface area contributed by atoms with Gasteiger partial charge in [0.2, 0.25) is 0 Å². The van der Waals surface area contributed by atoms with Crippen LogP contribution in [0.1, 0.15) is 29.7 Å². The Hall–Kier alpha value is -1.25. The summed E-state index contributed by atoms with van der Waals surface area (Å²) in [5.41, 5.74) is 3.43. The molecule has 0 fully saturated rings. The van der Waals surface area contributed by atoms with Crippen LogP contribution in [0.5, 0.6) is 0 Å². The van der Waals surface area contributed by atoms with Crippen LogP contribution in [0, 0.1) is 6.92 Å². The first-order valence-electron chi connectivity index (χ1n) is 5.75. The quantitative estimate of drug-likeness (QED) is 0.888. The zero-order chi connectivity index (χ0) is 12.3. The lowest BCUT2D eigenvalue weighted by molar-refractivity contribution is 0.555. The molecule has 0 aliphatic rings. The molecule has 0 aliphatic carbocycles. The fourth-order valence-corrected chi connectivity index (χ4v) is 2.20. The molecule has 1 atom stereocenters. The Morgan fingerprint density at radius 3 is 2.76 bits per heavy atom. The zero-order valence-corrected chi connectivity index (χ0v) is 10.8. The van der Waals surface area contributed by atoms with Gasteiger partial charge in [0.1, 0.15) is 0 Å². The van der Waals surface area contributed by atoms with Gasteiger partial charge in [-0.05, 0) is 36.7 Å². The fourth-order valence-electron chi connectivity index (χ4n) is 1.97. The third-order valence-electron chi connectivity index (χ3n) is 2.74. The summed E-state index contributed by atoms with van der Waals surface area (Å²) < 4.78 is 5.17. The minimum Gasteiger partial charge on any atom is -0.453 e. The second-order valence-electron chi connectivity index (χ2n) is 4.05. The van der Waals surface area contributed by atoms with Crippen molar-refractivity contribution < 1.29 is 4.42 Å². The first-order chi connectivity index (χ1) is 8.22. The van der Waals surface area contributed by atoms with Gasteiger partial charge in [0.15, 0.2) is 5.22 Å². The van der Waals surface area contributed by atoms with Crippen LogP contribution < -0.4 is 5.32 Å². The summed E-state index contributed by atoms with van der Waals surface area (Å²) in [6.45, 7) is 5.04. The van der Waals surface area contributed by atoms with Crippen LogP contribution in [0.15, 0.2) is 41.0 Å². The van der Waals surface area contributed by atoms with Gasteiger partial charge in [0, 0.05) is 5.56 Å². The van der Waals surface area contributed by atoms with Crippen molar-refractivity contribution in [1.29, 1.82) is 0 Å². The summed E-state index contributed by atoms with van der Waals surface area (Å²) in [5, 5.41) is 3.88. The highest BCUT2D eigenvalue weighted by atomic mass is 35.5. The van der Waals surface area contributed by atoms with Gasteiger partial charge in [-0.15, -0.1) is 0 Å². The normalized spacial score (nSPS) is 12.6. The summed E-state index contributed by atoms with van der Waals surface area (Å²) in [5.74, 6) is 0. The van der Waals surface area contributed by atoms with Crippen LogP contribution >= 0.6 is 11.6 Å². The Bertz CT molecular complexity index is 492. The number of furan rings is 1. The number of benzene rings is 1. The van der Waals surface area contributed by atoms with E-state index < -0.39 is 0 Å². The Kier molecular flexibility index (Phi) is 3.87. The van der Waals surface area contributed by atoms with Crippen molar-refractivity contribution >= 4 is 11.6 Å². The molecule has 0 saturated carbocycles. The molecule has 0 spiro atoms. The predicted molar refractivity (Wildman–Crippen MR) is 70.4 cm³/mol. The minimum absolute atomic E-state index is 0.0890. The lowest BCUT2D eigenvalue weighted by atomic mass is 9.99. The maximum atomic E-state index is 6.05. The highest BCUT2D eigenvalue weighted by Gasteiger charge is 2.17. The lowest BCUT2D eigenvalue weighted by Gasteiger charge is -2.17. The molecule has 2 rings (SSSR count). The van der Waals surface area contributed by atoms with E-state index in [0.717, 1.165) is 12.1 Å². The minimum atomic E-state index is 0.0890. The number of aryl methyl sites for hydroxylation is 1. The molecule has 90 valence electrons. The third-order valence-corrected chi connectivity index (χ3v) is 3.05. The van der Waals surface area contributed by atoms with Crippen LogP contribution in [-0.2, 0) is 0 Å². The summed E-state index contributed by atoms with van der Waals surface area (Å²) in [6, 6.07) is 10.4. The van der Waals surface area contributed by atoms with Crippen molar-refractivity contribution in [2.75, 3.05) is 6.54 Å². The molecule has 2 aromatic rings. The average molecular weight is 250 g/mol. The number of halogens is 1. The van der Waals surface area contributed by atoms with Crippen molar-refractivity contribution in [3.05, 3.63) is 58.5 Å². The van der Waals surface area contributed by atoms with E-state index in [9.17, 15) is 0 Å². The maximum absolute atomic E-state index is 6.05. The van der Waals surface area contributed by atoms with E-state index in [1.54, 1.807) is 6.26 Å². The standard InChI is InChI=1S/C14H16ClNO/c1-3-16-13(12-7-8-17-14(12)15)11-6-4-5-10(2)9-11/h4-9,13,16H,3H2,1-2H3. The van der Waals surface area contributed by atoms with E-state index >= 15 is 0 Å². The second kappa shape index (κ2) is 5.39. The van der Waals surface area contributed by atoms with Gasteiger partial charge in [-0.2, -0.15) is 0 Å². The molecule has 0 amide bonds. The topological polar surface area (TPSA) is 25.2 Å². The number of hydrogen-bond acceptors (Lipinski definition) is 2. The molecular weight excluding hydrogens is 234 g/mol. The fraction of sp³-hybridized carbons (Fsp3) is 0.286. The van der Waals surface area contributed by atoms with Gasteiger partial charge in [0.25, 0.3) is 0 Å². The van der Waals surface area contributed by atoms with Crippen LogP contribution in [0.4, 0.5) is 0 Å². The number of hydrogen-bond donors (Lipinski definition) is 1. The molecule has 0 saturated heterocycles. The lowest BCUT2D eigenvalue weighted by Crippen LogP contribution is -2.21. The monoisotopic (exact) mass is 249 g/mol. The Labute approximate surface area is 107 Å². The molecule has 1 heterocycles. The van der Waals surface area contributed by atoms with Gasteiger partial charge in [-0.1, -0.05) is 36.8 Å². The molecule has 3 heteroatoms. The van der Waals surface area contributed by atoms with Crippen molar-refractivity contribution in [3.63, 3.8) is 0 Å². The van der Waals surface area contributed by atoms with Gasteiger partial charge in [-0.25, -0.2) is 0 Å². The van der Waals surface area contributed by atoms with E-state index in [1.165, 1.54) is 11.1 Å². The van der Waals surface area contributed by atoms with Crippen molar-refractivity contribution in [1.82, 2.24) is 5.32 Å². The molecule has 0 radical (unpaired) electrons. The Morgan fingerprint density at radius 1 is 1.35 bits per heavy atom. The first kappa shape index (κ1) is 12.2. The third kappa shape index (κ3) is 2.71. The smallest absolute Gasteiger partial charge is 0.198 e. The van der Waals surface area contributed by atoms with Crippen LogP contribution in [0.2, 0.25) is 5.22 Å². The highest BCUT2D eigenvalue weighted by molar-refractivity contribution is 6.29. The van der Waals surface area contributed by atoms with Gasteiger partial charge < -0.3 is 9.73 Å². The molecule has 1 aromatic carbocycles.